The fourth-order valence-corrected chi connectivity index (χ4v) is 2.60. The summed E-state index contributed by atoms with van der Waals surface area (Å²) in [6, 6.07) is 3.97. The normalized spacial score (nSPS) is 10.2. The lowest BCUT2D eigenvalue weighted by Crippen LogP contribution is -2.15. The monoisotopic (exact) mass is 334 g/mol. The zero-order valence-corrected chi connectivity index (χ0v) is 13.1. The van der Waals surface area contributed by atoms with Gasteiger partial charge in [0.25, 0.3) is 5.91 Å². The summed E-state index contributed by atoms with van der Waals surface area (Å²) in [5, 5.41) is 5.71. The van der Waals surface area contributed by atoms with E-state index in [9.17, 15) is 4.79 Å². The molecule has 1 amide bonds. The Bertz CT molecular complexity index is 617. The molecule has 6 heteroatoms. The zero-order chi connectivity index (χ0) is 14.7. The third kappa shape index (κ3) is 3.14. The molecule has 0 aliphatic heterocycles. The van der Waals surface area contributed by atoms with Gasteiger partial charge in [-0.05, 0) is 47.0 Å². The Balaban J connectivity index is 2.23. The SMILES string of the molecule is CNc1cnc(C(=O)Nc2c(C)cc(C)cc2Br)cn1. The van der Waals surface area contributed by atoms with Crippen LogP contribution in [-0.2, 0) is 0 Å². The van der Waals surface area contributed by atoms with Crippen molar-refractivity contribution in [3.05, 3.63) is 45.8 Å². The molecule has 1 aromatic carbocycles. The lowest BCUT2D eigenvalue weighted by molar-refractivity contribution is 0.102. The summed E-state index contributed by atoms with van der Waals surface area (Å²) in [5.41, 5.74) is 3.14. The largest absolute Gasteiger partial charge is 0.372 e. The summed E-state index contributed by atoms with van der Waals surface area (Å²) >= 11 is 3.46. The average Bonchev–Trinajstić information content (AvgIpc) is 2.42. The standard InChI is InChI=1S/C14H15BrN4O/c1-8-4-9(2)13(10(15)5-8)19-14(20)11-6-18-12(16-3)7-17-11/h4-7H,1-3H3,(H,16,18)(H,19,20). The van der Waals surface area contributed by atoms with Gasteiger partial charge in [-0.1, -0.05) is 6.07 Å². The van der Waals surface area contributed by atoms with E-state index in [0.717, 1.165) is 21.3 Å². The molecule has 0 unspecified atom stereocenters. The van der Waals surface area contributed by atoms with Crippen LogP contribution in [0.4, 0.5) is 11.5 Å². The van der Waals surface area contributed by atoms with Crippen molar-refractivity contribution in [2.75, 3.05) is 17.7 Å². The van der Waals surface area contributed by atoms with Crippen molar-refractivity contribution in [3.63, 3.8) is 0 Å². The summed E-state index contributed by atoms with van der Waals surface area (Å²) in [7, 11) is 1.75. The van der Waals surface area contributed by atoms with Crippen LogP contribution < -0.4 is 10.6 Å². The minimum atomic E-state index is -0.284. The van der Waals surface area contributed by atoms with E-state index in [0.29, 0.717) is 5.82 Å². The fourth-order valence-electron chi connectivity index (χ4n) is 1.83. The maximum Gasteiger partial charge on any atom is 0.275 e. The predicted molar refractivity (Wildman–Crippen MR) is 83.1 cm³/mol. The highest BCUT2D eigenvalue weighted by molar-refractivity contribution is 9.10. The smallest absolute Gasteiger partial charge is 0.275 e. The van der Waals surface area contributed by atoms with Crippen LogP contribution >= 0.6 is 15.9 Å². The Hall–Kier alpha value is -1.95. The second-order valence-electron chi connectivity index (χ2n) is 4.43. The highest BCUT2D eigenvalue weighted by Gasteiger charge is 2.12. The van der Waals surface area contributed by atoms with Gasteiger partial charge in [-0.25, -0.2) is 9.97 Å². The molecule has 0 saturated carbocycles. The topological polar surface area (TPSA) is 66.9 Å². The van der Waals surface area contributed by atoms with Gasteiger partial charge >= 0.3 is 0 Å². The van der Waals surface area contributed by atoms with Gasteiger partial charge in [0.2, 0.25) is 0 Å². The van der Waals surface area contributed by atoms with Crippen LogP contribution in [0, 0.1) is 13.8 Å². The fraction of sp³-hybridized carbons (Fsp3) is 0.214. The first-order valence-electron chi connectivity index (χ1n) is 6.09. The number of aromatic nitrogens is 2. The Morgan fingerprint density at radius 3 is 2.50 bits per heavy atom. The first kappa shape index (κ1) is 14.5. The summed E-state index contributed by atoms with van der Waals surface area (Å²) in [5.74, 6) is 0.335. The van der Waals surface area contributed by atoms with Gasteiger partial charge in [0.15, 0.2) is 0 Å². The number of rotatable bonds is 3. The van der Waals surface area contributed by atoms with Gasteiger partial charge < -0.3 is 10.6 Å². The van der Waals surface area contributed by atoms with E-state index < -0.39 is 0 Å². The summed E-state index contributed by atoms with van der Waals surface area (Å²) in [6.45, 7) is 3.95. The lowest BCUT2D eigenvalue weighted by atomic mass is 10.1. The molecule has 2 rings (SSSR count). The van der Waals surface area contributed by atoms with Crippen molar-refractivity contribution >= 4 is 33.3 Å². The number of aryl methyl sites for hydroxylation is 2. The van der Waals surface area contributed by atoms with Crippen LogP contribution in [0.2, 0.25) is 0 Å². The number of amides is 1. The number of hydrogen-bond acceptors (Lipinski definition) is 4. The molecular weight excluding hydrogens is 320 g/mol. The van der Waals surface area contributed by atoms with Crippen molar-refractivity contribution in [1.82, 2.24) is 9.97 Å². The third-order valence-electron chi connectivity index (χ3n) is 2.81. The molecule has 1 heterocycles. The van der Waals surface area contributed by atoms with Crippen LogP contribution in [0.25, 0.3) is 0 Å². The molecule has 5 nitrogen and oxygen atoms in total. The van der Waals surface area contributed by atoms with Crippen LogP contribution in [0.3, 0.4) is 0 Å². The van der Waals surface area contributed by atoms with Crippen LogP contribution in [0.5, 0.6) is 0 Å². The Kier molecular flexibility index (Phi) is 4.34. The molecule has 0 bridgehead atoms. The first-order chi connectivity index (χ1) is 9.51. The van der Waals surface area contributed by atoms with E-state index in [1.165, 1.54) is 12.4 Å². The van der Waals surface area contributed by atoms with Gasteiger partial charge in [-0.3, -0.25) is 4.79 Å². The molecule has 20 heavy (non-hydrogen) atoms. The lowest BCUT2D eigenvalue weighted by Gasteiger charge is -2.11. The molecule has 2 N–H and O–H groups in total. The second-order valence-corrected chi connectivity index (χ2v) is 5.28. The van der Waals surface area contributed by atoms with E-state index in [2.05, 4.69) is 36.5 Å². The molecule has 1 aromatic heterocycles. The van der Waals surface area contributed by atoms with E-state index in [-0.39, 0.29) is 11.6 Å². The average molecular weight is 335 g/mol. The molecule has 0 aliphatic carbocycles. The van der Waals surface area contributed by atoms with Gasteiger partial charge in [-0.15, -0.1) is 0 Å². The van der Waals surface area contributed by atoms with Gasteiger partial charge in [0.1, 0.15) is 11.5 Å². The molecule has 0 radical (unpaired) electrons. The van der Waals surface area contributed by atoms with Crippen LogP contribution in [0.1, 0.15) is 21.6 Å². The van der Waals surface area contributed by atoms with Crippen molar-refractivity contribution < 1.29 is 4.79 Å². The molecular formula is C14H15BrN4O. The van der Waals surface area contributed by atoms with Crippen molar-refractivity contribution in [2.24, 2.45) is 0 Å². The number of anilines is 2. The second kappa shape index (κ2) is 6.00. The summed E-state index contributed by atoms with van der Waals surface area (Å²) in [6.07, 6.45) is 2.96. The molecule has 0 spiro atoms. The number of nitrogens with zero attached hydrogens (tertiary/aromatic N) is 2. The third-order valence-corrected chi connectivity index (χ3v) is 3.44. The number of nitrogens with one attached hydrogen (secondary N) is 2. The zero-order valence-electron chi connectivity index (χ0n) is 11.5. The number of carbonyl (C=O) groups is 1. The van der Waals surface area contributed by atoms with Gasteiger partial charge in [0, 0.05) is 11.5 Å². The highest BCUT2D eigenvalue weighted by atomic mass is 79.9. The van der Waals surface area contributed by atoms with E-state index >= 15 is 0 Å². The Morgan fingerprint density at radius 1 is 1.20 bits per heavy atom. The van der Waals surface area contributed by atoms with E-state index in [1.807, 2.05) is 26.0 Å². The van der Waals surface area contributed by atoms with E-state index in [1.54, 1.807) is 7.05 Å². The van der Waals surface area contributed by atoms with Crippen molar-refractivity contribution in [2.45, 2.75) is 13.8 Å². The number of benzene rings is 1. The van der Waals surface area contributed by atoms with Crippen molar-refractivity contribution in [1.29, 1.82) is 0 Å². The Labute approximate surface area is 126 Å². The van der Waals surface area contributed by atoms with Gasteiger partial charge in [0.05, 0.1) is 18.1 Å². The quantitative estimate of drug-likeness (QED) is 0.904. The molecule has 0 atom stereocenters. The minimum absolute atomic E-state index is 0.274. The molecule has 2 aromatic rings. The van der Waals surface area contributed by atoms with Crippen LogP contribution in [-0.4, -0.2) is 22.9 Å². The molecule has 0 fully saturated rings. The first-order valence-corrected chi connectivity index (χ1v) is 6.88. The maximum atomic E-state index is 12.1. The number of halogens is 1. The maximum absolute atomic E-state index is 12.1. The minimum Gasteiger partial charge on any atom is -0.372 e. The number of hydrogen-bond donors (Lipinski definition) is 2. The number of carbonyl (C=O) groups excluding carboxylic acids is 1. The summed E-state index contributed by atoms with van der Waals surface area (Å²) < 4.78 is 0.850. The molecule has 0 aliphatic rings. The van der Waals surface area contributed by atoms with Crippen LogP contribution in [0.15, 0.2) is 29.0 Å². The predicted octanol–water partition coefficient (Wildman–Crippen LogP) is 3.15. The van der Waals surface area contributed by atoms with E-state index in [4.69, 9.17) is 0 Å². The molecule has 104 valence electrons. The summed E-state index contributed by atoms with van der Waals surface area (Å²) in [4.78, 5) is 20.3. The Morgan fingerprint density at radius 2 is 1.95 bits per heavy atom. The highest BCUT2D eigenvalue weighted by Crippen LogP contribution is 2.28. The van der Waals surface area contributed by atoms with Crippen molar-refractivity contribution in [3.8, 4) is 0 Å². The molecule has 0 saturated heterocycles. The van der Waals surface area contributed by atoms with Gasteiger partial charge in [-0.2, -0.15) is 0 Å².